The highest BCUT2D eigenvalue weighted by Gasteiger charge is 2.24. The van der Waals surface area contributed by atoms with Crippen molar-refractivity contribution >= 4 is 6.03 Å². The average molecular weight is 332 g/mol. The molecule has 24 heavy (non-hydrogen) atoms. The molecule has 2 heterocycles. The summed E-state index contributed by atoms with van der Waals surface area (Å²) in [6, 6.07) is 10.0. The van der Waals surface area contributed by atoms with Gasteiger partial charge >= 0.3 is 6.03 Å². The van der Waals surface area contributed by atoms with E-state index in [0.29, 0.717) is 12.5 Å². The molecule has 0 aromatic heterocycles. The van der Waals surface area contributed by atoms with Gasteiger partial charge in [-0.05, 0) is 50.2 Å². The van der Waals surface area contributed by atoms with Crippen LogP contribution in [0.4, 0.5) is 4.79 Å². The van der Waals surface area contributed by atoms with Crippen LogP contribution in [0.5, 0.6) is 5.75 Å². The monoisotopic (exact) mass is 332 g/mol. The van der Waals surface area contributed by atoms with Gasteiger partial charge in [0.15, 0.2) is 0 Å². The van der Waals surface area contributed by atoms with Crippen molar-refractivity contribution in [1.82, 2.24) is 10.2 Å². The van der Waals surface area contributed by atoms with Crippen LogP contribution >= 0.6 is 0 Å². The van der Waals surface area contributed by atoms with Crippen molar-refractivity contribution in [2.75, 3.05) is 32.8 Å². The molecular weight excluding hydrogens is 304 g/mol. The predicted octanol–water partition coefficient (Wildman–Crippen LogP) is 3.06. The Labute approximate surface area is 144 Å². The minimum absolute atomic E-state index is 0.0597. The van der Waals surface area contributed by atoms with Crippen molar-refractivity contribution in [3.05, 3.63) is 30.3 Å². The molecule has 1 unspecified atom stereocenters. The number of urea groups is 1. The lowest BCUT2D eigenvalue weighted by molar-refractivity contribution is 0.106. The van der Waals surface area contributed by atoms with Gasteiger partial charge in [-0.1, -0.05) is 18.2 Å². The van der Waals surface area contributed by atoms with Crippen LogP contribution in [-0.4, -0.2) is 49.9 Å². The van der Waals surface area contributed by atoms with Gasteiger partial charge in [-0.15, -0.1) is 0 Å². The van der Waals surface area contributed by atoms with Crippen LogP contribution in [0.1, 0.15) is 32.1 Å². The molecular formula is C19H28N2O3. The summed E-state index contributed by atoms with van der Waals surface area (Å²) in [5, 5.41) is 3.01. The van der Waals surface area contributed by atoms with E-state index in [4.69, 9.17) is 9.47 Å². The van der Waals surface area contributed by atoms with Crippen molar-refractivity contribution in [3.63, 3.8) is 0 Å². The SMILES string of the molecule is O=C(NCC1CCCO1)N1CCC(CCOc2ccccc2)CC1. The number of likely N-dealkylation sites (tertiary alicyclic amines) is 1. The van der Waals surface area contributed by atoms with Gasteiger partial charge in [-0.25, -0.2) is 4.79 Å². The first-order valence-corrected chi connectivity index (χ1v) is 9.13. The molecule has 0 radical (unpaired) electrons. The molecule has 1 aromatic rings. The normalized spacial score (nSPS) is 21.7. The summed E-state index contributed by atoms with van der Waals surface area (Å²) in [6.45, 7) is 3.90. The van der Waals surface area contributed by atoms with Crippen molar-refractivity contribution in [2.24, 2.45) is 5.92 Å². The van der Waals surface area contributed by atoms with E-state index in [2.05, 4.69) is 5.32 Å². The molecule has 2 aliphatic rings. The molecule has 132 valence electrons. The summed E-state index contributed by atoms with van der Waals surface area (Å²) in [5.74, 6) is 1.58. The van der Waals surface area contributed by atoms with Gasteiger partial charge in [-0.2, -0.15) is 0 Å². The Morgan fingerprint density at radius 1 is 1.21 bits per heavy atom. The Kier molecular flexibility index (Phi) is 6.35. The van der Waals surface area contributed by atoms with Crippen LogP contribution in [0, 0.1) is 5.92 Å². The lowest BCUT2D eigenvalue weighted by Gasteiger charge is -2.32. The van der Waals surface area contributed by atoms with Gasteiger partial charge in [0.25, 0.3) is 0 Å². The number of carbonyl (C=O) groups is 1. The molecule has 5 nitrogen and oxygen atoms in total. The smallest absolute Gasteiger partial charge is 0.317 e. The predicted molar refractivity (Wildman–Crippen MR) is 93.2 cm³/mol. The minimum atomic E-state index is 0.0597. The Hall–Kier alpha value is -1.75. The highest BCUT2D eigenvalue weighted by atomic mass is 16.5. The van der Waals surface area contributed by atoms with Crippen LogP contribution in [0.25, 0.3) is 0 Å². The summed E-state index contributed by atoms with van der Waals surface area (Å²) >= 11 is 0. The standard InChI is InChI=1S/C19H28N2O3/c22-19(20-15-18-7-4-13-23-18)21-11-8-16(9-12-21)10-14-24-17-5-2-1-3-6-17/h1-3,5-6,16,18H,4,7-15H2,(H,20,22). The van der Waals surface area contributed by atoms with Gasteiger partial charge < -0.3 is 19.7 Å². The maximum atomic E-state index is 12.2. The van der Waals surface area contributed by atoms with E-state index in [1.54, 1.807) is 0 Å². The third kappa shape index (κ3) is 5.13. The Bertz CT molecular complexity index is 495. The molecule has 2 fully saturated rings. The maximum Gasteiger partial charge on any atom is 0.317 e. The van der Waals surface area contributed by atoms with Crippen molar-refractivity contribution in [1.29, 1.82) is 0 Å². The number of hydrogen-bond acceptors (Lipinski definition) is 3. The molecule has 2 amide bonds. The second-order valence-electron chi connectivity index (χ2n) is 6.70. The molecule has 0 spiro atoms. The number of para-hydroxylation sites is 1. The summed E-state index contributed by atoms with van der Waals surface area (Å²) < 4.78 is 11.3. The summed E-state index contributed by atoms with van der Waals surface area (Å²) in [6.07, 6.45) is 5.56. The fourth-order valence-electron chi connectivity index (χ4n) is 3.40. The molecule has 5 heteroatoms. The van der Waals surface area contributed by atoms with Gasteiger partial charge in [0.1, 0.15) is 5.75 Å². The summed E-state index contributed by atoms with van der Waals surface area (Å²) in [5.41, 5.74) is 0. The van der Waals surface area contributed by atoms with Crippen LogP contribution in [0.15, 0.2) is 30.3 Å². The quantitative estimate of drug-likeness (QED) is 0.871. The Balaban J connectivity index is 1.29. The third-order valence-electron chi connectivity index (χ3n) is 4.94. The van der Waals surface area contributed by atoms with E-state index >= 15 is 0 Å². The molecule has 2 aliphatic heterocycles. The first-order chi connectivity index (χ1) is 11.8. The van der Waals surface area contributed by atoms with E-state index in [0.717, 1.165) is 64.2 Å². The number of hydrogen-bond donors (Lipinski definition) is 1. The third-order valence-corrected chi connectivity index (χ3v) is 4.94. The van der Waals surface area contributed by atoms with Crippen molar-refractivity contribution in [2.45, 2.75) is 38.2 Å². The number of benzene rings is 1. The van der Waals surface area contributed by atoms with Gasteiger partial charge in [-0.3, -0.25) is 0 Å². The second kappa shape index (κ2) is 8.92. The van der Waals surface area contributed by atoms with Crippen LogP contribution < -0.4 is 10.1 Å². The van der Waals surface area contributed by atoms with Crippen LogP contribution in [-0.2, 0) is 4.74 Å². The molecule has 0 bridgehead atoms. The molecule has 1 N–H and O–H groups in total. The highest BCUT2D eigenvalue weighted by Crippen LogP contribution is 2.21. The first-order valence-electron chi connectivity index (χ1n) is 9.13. The zero-order valence-electron chi connectivity index (χ0n) is 14.3. The molecule has 3 rings (SSSR count). The van der Waals surface area contributed by atoms with E-state index in [9.17, 15) is 4.79 Å². The number of nitrogens with zero attached hydrogens (tertiary/aromatic N) is 1. The molecule has 2 saturated heterocycles. The van der Waals surface area contributed by atoms with Gasteiger partial charge in [0, 0.05) is 26.2 Å². The maximum absolute atomic E-state index is 12.2. The molecule has 1 aromatic carbocycles. The zero-order chi connectivity index (χ0) is 16.6. The van der Waals surface area contributed by atoms with E-state index in [1.165, 1.54) is 0 Å². The summed E-state index contributed by atoms with van der Waals surface area (Å²) in [7, 11) is 0. The number of piperidine rings is 1. The van der Waals surface area contributed by atoms with Crippen LogP contribution in [0.2, 0.25) is 0 Å². The summed E-state index contributed by atoms with van der Waals surface area (Å²) in [4.78, 5) is 14.1. The van der Waals surface area contributed by atoms with Gasteiger partial charge in [0.2, 0.25) is 0 Å². The van der Waals surface area contributed by atoms with Crippen molar-refractivity contribution in [3.8, 4) is 5.75 Å². The lowest BCUT2D eigenvalue weighted by Crippen LogP contribution is -2.46. The molecule has 1 atom stereocenters. The number of nitrogens with one attached hydrogen (secondary N) is 1. The number of carbonyl (C=O) groups excluding carboxylic acids is 1. The Morgan fingerprint density at radius 3 is 2.71 bits per heavy atom. The fraction of sp³-hybridized carbons (Fsp3) is 0.632. The highest BCUT2D eigenvalue weighted by molar-refractivity contribution is 5.74. The second-order valence-corrected chi connectivity index (χ2v) is 6.70. The number of ether oxygens (including phenoxy) is 2. The van der Waals surface area contributed by atoms with E-state index in [1.807, 2.05) is 35.2 Å². The van der Waals surface area contributed by atoms with Gasteiger partial charge in [0.05, 0.1) is 12.7 Å². The molecule has 0 aliphatic carbocycles. The first kappa shape index (κ1) is 17.1. The van der Waals surface area contributed by atoms with E-state index in [-0.39, 0.29) is 12.1 Å². The number of amides is 2. The minimum Gasteiger partial charge on any atom is -0.494 e. The lowest BCUT2D eigenvalue weighted by atomic mass is 9.94. The largest absolute Gasteiger partial charge is 0.494 e. The Morgan fingerprint density at radius 2 is 2.00 bits per heavy atom. The average Bonchev–Trinajstić information content (AvgIpc) is 3.15. The number of rotatable bonds is 6. The van der Waals surface area contributed by atoms with Crippen molar-refractivity contribution < 1.29 is 14.3 Å². The molecule has 0 saturated carbocycles. The fourth-order valence-corrected chi connectivity index (χ4v) is 3.40. The zero-order valence-corrected chi connectivity index (χ0v) is 14.3. The van der Waals surface area contributed by atoms with Crippen LogP contribution in [0.3, 0.4) is 0 Å². The van der Waals surface area contributed by atoms with E-state index < -0.39 is 0 Å². The topological polar surface area (TPSA) is 50.8 Å².